The van der Waals surface area contributed by atoms with E-state index >= 15 is 0 Å². The minimum Gasteiger partial charge on any atom is -0.356 e. The number of hydrogen-bond acceptors (Lipinski definition) is 5. The molecule has 1 aliphatic rings. The number of carbonyl (C=O) groups excluding carboxylic acids is 1. The normalized spacial score (nSPS) is 13.7. The zero-order valence-corrected chi connectivity index (χ0v) is 17.6. The van der Waals surface area contributed by atoms with Gasteiger partial charge in [0.2, 0.25) is 11.9 Å². The van der Waals surface area contributed by atoms with Gasteiger partial charge in [-0.1, -0.05) is 18.2 Å². The third-order valence-electron chi connectivity index (χ3n) is 5.25. The predicted molar refractivity (Wildman–Crippen MR) is 121 cm³/mol. The van der Waals surface area contributed by atoms with Crippen LogP contribution in [0.4, 0.5) is 27.5 Å². The number of piperidine rings is 1. The van der Waals surface area contributed by atoms with Crippen LogP contribution in [0.25, 0.3) is 0 Å². The summed E-state index contributed by atoms with van der Waals surface area (Å²) in [5.41, 5.74) is 2.75. The molecule has 2 aromatic carbocycles. The lowest BCUT2D eigenvalue weighted by Crippen LogP contribution is -2.30. The fourth-order valence-electron chi connectivity index (χ4n) is 3.68. The molecule has 1 aliphatic heterocycles. The second-order valence-electron chi connectivity index (χ2n) is 7.76. The van der Waals surface area contributed by atoms with E-state index < -0.39 is 0 Å². The number of aromatic nitrogens is 2. The van der Waals surface area contributed by atoms with Crippen molar-refractivity contribution in [1.29, 1.82) is 0 Å². The summed E-state index contributed by atoms with van der Waals surface area (Å²) >= 11 is 0. The number of aryl methyl sites for hydroxylation is 1. The summed E-state index contributed by atoms with van der Waals surface area (Å²) in [6.07, 6.45) is 3.64. The van der Waals surface area contributed by atoms with Gasteiger partial charge in [-0.05, 0) is 62.1 Å². The summed E-state index contributed by atoms with van der Waals surface area (Å²) in [5, 5.41) is 6.04. The lowest BCUT2D eigenvalue weighted by molar-refractivity contribution is -0.115. The van der Waals surface area contributed by atoms with Gasteiger partial charge in [-0.2, -0.15) is 4.98 Å². The number of halogens is 1. The van der Waals surface area contributed by atoms with Gasteiger partial charge in [0.15, 0.2) is 0 Å². The van der Waals surface area contributed by atoms with E-state index in [0.717, 1.165) is 30.3 Å². The standard InChI is InChI=1S/C24H26FN5O/c1-17-15-22(30-13-5-2-6-14-30)29-24(26-17)28-20-11-9-19(10-12-20)27-23(31)16-18-7-3-4-8-21(18)25/h3-4,7-12,15H,2,5-6,13-14,16H2,1H3,(H,27,31)(H,26,28,29). The first-order valence-corrected chi connectivity index (χ1v) is 10.6. The van der Waals surface area contributed by atoms with Gasteiger partial charge in [0, 0.05) is 36.2 Å². The summed E-state index contributed by atoms with van der Waals surface area (Å²) in [4.78, 5) is 23.7. The number of rotatable bonds is 6. The van der Waals surface area contributed by atoms with Crippen LogP contribution in [0, 0.1) is 12.7 Å². The molecular weight excluding hydrogens is 393 g/mol. The molecule has 160 valence electrons. The highest BCUT2D eigenvalue weighted by molar-refractivity contribution is 5.92. The highest BCUT2D eigenvalue weighted by atomic mass is 19.1. The van der Waals surface area contributed by atoms with Crippen LogP contribution in [0.2, 0.25) is 0 Å². The molecule has 1 saturated heterocycles. The molecule has 31 heavy (non-hydrogen) atoms. The van der Waals surface area contributed by atoms with E-state index in [1.165, 1.54) is 25.3 Å². The Kier molecular flexibility index (Phi) is 6.40. The molecule has 0 atom stereocenters. The molecule has 1 fully saturated rings. The van der Waals surface area contributed by atoms with Crippen molar-refractivity contribution >= 4 is 29.0 Å². The molecule has 2 heterocycles. The number of hydrogen-bond donors (Lipinski definition) is 2. The van der Waals surface area contributed by atoms with Gasteiger partial charge in [0.05, 0.1) is 6.42 Å². The van der Waals surface area contributed by atoms with E-state index in [2.05, 4.69) is 25.5 Å². The molecular formula is C24H26FN5O. The Morgan fingerprint density at radius 2 is 1.71 bits per heavy atom. The monoisotopic (exact) mass is 419 g/mol. The van der Waals surface area contributed by atoms with Crippen LogP contribution in [-0.4, -0.2) is 29.0 Å². The predicted octanol–water partition coefficient (Wildman–Crippen LogP) is 4.84. The molecule has 4 rings (SSSR count). The summed E-state index contributed by atoms with van der Waals surface area (Å²) < 4.78 is 13.7. The highest BCUT2D eigenvalue weighted by Crippen LogP contribution is 2.22. The van der Waals surface area contributed by atoms with E-state index in [4.69, 9.17) is 0 Å². The van der Waals surface area contributed by atoms with Gasteiger partial charge in [-0.3, -0.25) is 4.79 Å². The average molecular weight is 420 g/mol. The Labute approximate surface area is 181 Å². The first-order chi connectivity index (χ1) is 15.1. The Morgan fingerprint density at radius 1 is 1.00 bits per heavy atom. The summed E-state index contributed by atoms with van der Waals surface area (Å²) in [6.45, 7) is 4.02. The first-order valence-electron chi connectivity index (χ1n) is 10.6. The van der Waals surface area contributed by atoms with Crippen molar-refractivity contribution in [3.63, 3.8) is 0 Å². The molecule has 0 saturated carbocycles. The van der Waals surface area contributed by atoms with E-state index in [0.29, 0.717) is 17.2 Å². The minimum atomic E-state index is -0.376. The Hall–Kier alpha value is -3.48. The first kappa shape index (κ1) is 20.8. The van der Waals surface area contributed by atoms with Crippen LogP contribution < -0.4 is 15.5 Å². The van der Waals surface area contributed by atoms with Crippen molar-refractivity contribution < 1.29 is 9.18 Å². The van der Waals surface area contributed by atoms with Crippen LogP contribution in [-0.2, 0) is 11.2 Å². The van der Waals surface area contributed by atoms with Crippen molar-refractivity contribution in [1.82, 2.24) is 9.97 Å². The van der Waals surface area contributed by atoms with Crippen LogP contribution >= 0.6 is 0 Å². The van der Waals surface area contributed by atoms with Gasteiger partial charge < -0.3 is 15.5 Å². The van der Waals surface area contributed by atoms with Crippen LogP contribution in [0.15, 0.2) is 54.6 Å². The SMILES string of the molecule is Cc1cc(N2CCCCC2)nc(Nc2ccc(NC(=O)Cc3ccccc3F)cc2)n1. The number of nitrogens with one attached hydrogen (secondary N) is 2. The summed E-state index contributed by atoms with van der Waals surface area (Å²) in [7, 11) is 0. The van der Waals surface area contributed by atoms with E-state index in [1.807, 2.05) is 25.1 Å². The van der Waals surface area contributed by atoms with Crippen molar-refractivity contribution in [2.45, 2.75) is 32.6 Å². The second kappa shape index (κ2) is 9.55. The molecule has 0 bridgehead atoms. The second-order valence-corrected chi connectivity index (χ2v) is 7.76. The minimum absolute atomic E-state index is 0.0108. The third-order valence-corrected chi connectivity index (χ3v) is 5.25. The number of nitrogens with zero attached hydrogens (tertiary/aromatic N) is 3. The maximum absolute atomic E-state index is 13.7. The summed E-state index contributed by atoms with van der Waals surface area (Å²) in [6, 6.07) is 15.6. The van der Waals surface area contributed by atoms with Crippen LogP contribution in [0.5, 0.6) is 0 Å². The van der Waals surface area contributed by atoms with Gasteiger partial charge >= 0.3 is 0 Å². The lowest BCUT2D eigenvalue weighted by Gasteiger charge is -2.28. The Balaban J connectivity index is 1.39. The quantitative estimate of drug-likeness (QED) is 0.598. The molecule has 3 aromatic rings. The van der Waals surface area contributed by atoms with E-state index in [-0.39, 0.29) is 18.1 Å². The average Bonchev–Trinajstić information content (AvgIpc) is 2.77. The van der Waals surface area contributed by atoms with Crippen LogP contribution in [0.1, 0.15) is 30.5 Å². The molecule has 6 nitrogen and oxygen atoms in total. The molecule has 0 unspecified atom stereocenters. The maximum atomic E-state index is 13.7. The topological polar surface area (TPSA) is 70.2 Å². The van der Waals surface area contributed by atoms with Crippen LogP contribution in [0.3, 0.4) is 0 Å². The van der Waals surface area contributed by atoms with Gasteiger partial charge in [0.25, 0.3) is 0 Å². The fraction of sp³-hybridized carbons (Fsp3) is 0.292. The molecule has 7 heteroatoms. The van der Waals surface area contributed by atoms with E-state index in [1.54, 1.807) is 30.3 Å². The smallest absolute Gasteiger partial charge is 0.229 e. The summed E-state index contributed by atoms with van der Waals surface area (Å²) in [5.74, 6) is 0.863. The van der Waals surface area contributed by atoms with Gasteiger partial charge in [-0.15, -0.1) is 0 Å². The Morgan fingerprint density at radius 3 is 2.45 bits per heavy atom. The van der Waals surface area contributed by atoms with Gasteiger partial charge in [0.1, 0.15) is 11.6 Å². The zero-order chi connectivity index (χ0) is 21.6. The number of amides is 1. The van der Waals surface area contributed by atoms with E-state index in [9.17, 15) is 9.18 Å². The number of carbonyl (C=O) groups is 1. The zero-order valence-electron chi connectivity index (χ0n) is 17.6. The molecule has 0 aliphatic carbocycles. The lowest BCUT2D eigenvalue weighted by atomic mass is 10.1. The molecule has 1 aromatic heterocycles. The van der Waals surface area contributed by atoms with Crippen molar-refractivity contribution in [2.24, 2.45) is 0 Å². The number of benzene rings is 2. The maximum Gasteiger partial charge on any atom is 0.229 e. The highest BCUT2D eigenvalue weighted by Gasteiger charge is 2.14. The Bertz CT molecular complexity index is 1050. The molecule has 2 N–H and O–H groups in total. The molecule has 0 spiro atoms. The van der Waals surface area contributed by atoms with Gasteiger partial charge in [-0.25, -0.2) is 9.37 Å². The van der Waals surface area contributed by atoms with Crippen molar-refractivity contribution in [2.75, 3.05) is 28.6 Å². The molecule has 0 radical (unpaired) electrons. The number of anilines is 4. The molecule has 1 amide bonds. The fourth-order valence-corrected chi connectivity index (χ4v) is 3.68. The largest absolute Gasteiger partial charge is 0.356 e. The third kappa shape index (κ3) is 5.57. The van der Waals surface area contributed by atoms with Crippen molar-refractivity contribution in [3.05, 3.63) is 71.7 Å². The van der Waals surface area contributed by atoms with Crippen molar-refractivity contribution in [3.8, 4) is 0 Å².